The van der Waals surface area contributed by atoms with Gasteiger partial charge in [-0.05, 0) is 60.5 Å². The molecule has 0 aliphatic rings. The standard InChI is InChI=1S/C25H24N2O6/c1-3-32-22-15-17(16-26-27-24(29)23(28)18-7-5-4-6-8-18)9-14-21(22)33-25(30)19-10-12-20(31-2)13-11-19/h4-16,23,28H,3H2,1-2H3,(H,27,29)/b26-16-/t23-/m1/s1. The van der Waals surface area contributed by atoms with E-state index in [0.717, 1.165) is 0 Å². The van der Waals surface area contributed by atoms with Crippen LogP contribution in [0.2, 0.25) is 0 Å². The van der Waals surface area contributed by atoms with Gasteiger partial charge in [0.1, 0.15) is 5.75 Å². The van der Waals surface area contributed by atoms with Crippen LogP contribution in [0.15, 0.2) is 77.9 Å². The van der Waals surface area contributed by atoms with Gasteiger partial charge in [-0.3, -0.25) is 4.79 Å². The number of ether oxygens (including phenoxy) is 3. The number of amides is 1. The van der Waals surface area contributed by atoms with Crippen molar-refractivity contribution >= 4 is 18.1 Å². The Balaban J connectivity index is 1.67. The number of aliphatic hydroxyl groups excluding tert-OH is 1. The first kappa shape index (κ1) is 23.5. The first-order valence-electron chi connectivity index (χ1n) is 10.2. The van der Waals surface area contributed by atoms with Crippen molar-refractivity contribution in [1.29, 1.82) is 0 Å². The van der Waals surface area contributed by atoms with Gasteiger partial charge in [-0.2, -0.15) is 5.10 Å². The molecule has 0 unspecified atom stereocenters. The maximum atomic E-state index is 12.5. The summed E-state index contributed by atoms with van der Waals surface area (Å²) in [7, 11) is 1.55. The van der Waals surface area contributed by atoms with E-state index in [2.05, 4.69) is 10.5 Å². The van der Waals surface area contributed by atoms with Gasteiger partial charge >= 0.3 is 5.97 Å². The zero-order valence-electron chi connectivity index (χ0n) is 18.2. The molecule has 0 fully saturated rings. The van der Waals surface area contributed by atoms with Crippen LogP contribution in [0.1, 0.15) is 34.5 Å². The van der Waals surface area contributed by atoms with Crippen molar-refractivity contribution in [3.63, 3.8) is 0 Å². The van der Waals surface area contributed by atoms with Crippen LogP contribution < -0.4 is 19.6 Å². The van der Waals surface area contributed by atoms with Crippen LogP contribution in [-0.4, -0.2) is 36.9 Å². The minimum Gasteiger partial charge on any atom is -0.497 e. The number of benzene rings is 3. The number of carbonyl (C=O) groups is 2. The number of aliphatic hydroxyl groups is 1. The van der Waals surface area contributed by atoms with Gasteiger partial charge in [0.15, 0.2) is 17.6 Å². The molecule has 0 saturated carbocycles. The van der Waals surface area contributed by atoms with Crippen LogP contribution in [0.5, 0.6) is 17.2 Å². The Kier molecular flexibility index (Phi) is 8.15. The number of nitrogens with one attached hydrogen (secondary N) is 1. The lowest BCUT2D eigenvalue weighted by Crippen LogP contribution is -2.25. The fourth-order valence-electron chi connectivity index (χ4n) is 2.86. The number of carbonyl (C=O) groups excluding carboxylic acids is 2. The summed E-state index contributed by atoms with van der Waals surface area (Å²) in [6, 6.07) is 20.0. The van der Waals surface area contributed by atoms with Crippen LogP contribution in [0.25, 0.3) is 0 Å². The number of methoxy groups -OCH3 is 1. The van der Waals surface area contributed by atoms with Gasteiger partial charge < -0.3 is 19.3 Å². The summed E-state index contributed by atoms with van der Waals surface area (Å²) in [5.74, 6) is 0.0283. The highest BCUT2D eigenvalue weighted by Gasteiger charge is 2.16. The number of rotatable bonds is 9. The third kappa shape index (κ3) is 6.41. The van der Waals surface area contributed by atoms with E-state index >= 15 is 0 Å². The molecule has 1 amide bonds. The van der Waals surface area contributed by atoms with Crippen molar-refractivity contribution in [2.24, 2.45) is 5.10 Å². The molecule has 1 atom stereocenters. The summed E-state index contributed by atoms with van der Waals surface area (Å²) in [6.45, 7) is 2.16. The molecule has 0 bridgehead atoms. The van der Waals surface area contributed by atoms with Crippen LogP contribution in [0, 0.1) is 0 Å². The molecule has 3 aromatic carbocycles. The predicted molar refractivity (Wildman–Crippen MR) is 123 cm³/mol. The molecule has 3 rings (SSSR count). The van der Waals surface area contributed by atoms with Gasteiger partial charge in [0, 0.05) is 0 Å². The van der Waals surface area contributed by atoms with E-state index in [-0.39, 0.29) is 5.75 Å². The van der Waals surface area contributed by atoms with Gasteiger partial charge in [0.25, 0.3) is 5.91 Å². The van der Waals surface area contributed by atoms with Crippen molar-refractivity contribution in [3.05, 3.63) is 89.5 Å². The highest BCUT2D eigenvalue weighted by atomic mass is 16.6. The summed E-state index contributed by atoms with van der Waals surface area (Å²) in [6.07, 6.45) is 0.0646. The molecule has 0 aliphatic heterocycles. The Bertz CT molecular complexity index is 1110. The Labute approximate surface area is 191 Å². The number of nitrogens with zero attached hydrogens (tertiary/aromatic N) is 1. The van der Waals surface area contributed by atoms with Crippen LogP contribution in [0.4, 0.5) is 0 Å². The van der Waals surface area contributed by atoms with Crippen molar-refractivity contribution in [3.8, 4) is 17.2 Å². The molecule has 33 heavy (non-hydrogen) atoms. The van der Waals surface area contributed by atoms with Crippen molar-refractivity contribution in [2.75, 3.05) is 13.7 Å². The summed E-state index contributed by atoms with van der Waals surface area (Å²) in [4.78, 5) is 24.6. The molecule has 0 heterocycles. The third-order valence-corrected chi connectivity index (χ3v) is 4.55. The molecule has 0 aliphatic carbocycles. The topological polar surface area (TPSA) is 106 Å². The van der Waals surface area contributed by atoms with E-state index in [0.29, 0.717) is 34.8 Å². The van der Waals surface area contributed by atoms with Crippen LogP contribution in [0.3, 0.4) is 0 Å². The zero-order valence-corrected chi connectivity index (χ0v) is 18.2. The Morgan fingerprint density at radius 1 is 1.03 bits per heavy atom. The van der Waals surface area contributed by atoms with Gasteiger partial charge in [0.05, 0.1) is 25.5 Å². The molecule has 2 N–H and O–H groups in total. The predicted octanol–water partition coefficient (Wildman–Crippen LogP) is 3.50. The lowest BCUT2D eigenvalue weighted by atomic mass is 10.1. The van der Waals surface area contributed by atoms with Crippen LogP contribution in [-0.2, 0) is 4.79 Å². The second kappa shape index (κ2) is 11.4. The van der Waals surface area contributed by atoms with E-state index < -0.39 is 18.0 Å². The normalized spacial score (nSPS) is 11.6. The molecule has 0 radical (unpaired) electrons. The minimum atomic E-state index is -1.33. The summed E-state index contributed by atoms with van der Waals surface area (Å²) < 4.78 is 16.2. The molecule has 0 spiro atoms. The molecule has 170 valence electrons. The van der Waals surface area contributed by atoms with Crippen LogP contribution >= 0.6 is 0 Å². The highest BCUT2D eigenvalue weighted by Crippen LogP contribution is 2.29. The smallest absolute Gasteiger partial charge is 0.343 e. The van der Waals surface area contributed by atoms with E-state index in [4.69, 9.17) is 14.2 Å². The average Bonchev–Trinajstić information content (AvgIpc) is 2.85. The maximum absolute atomic E-state index is 12.5. The van der Waals surface area contributed by atoms with Crippen molar-refractivity contribution in [2.45, 2.75) is 13.0 Å². The highest BCUT2D eigenvalue weighted by molar-refractivity contribution is 5.92. The molecule has 8 heteroatoms. The van der Waals surface area contributed by atoms with E-state index in [9.17, 15) is 14.7 Å². The molecular weight excluding hydrogens is 424 g/mol. The Morgan fingerprint density at radius 2 is 1.76 bits per heavy atom. The first-order valence-corrected chi connectivity index (χ1v) is 10.2. The fraction of sp³-hybridized carbons (Fsp3) is 0.160. The third-order valence-electron chi connectivity index (χ3n) is 4.55. The van der Waals surface area contributed by atoms with Gasteiger partial charge in [-0.1, -0.05) is 30.3 Å². The monoisotopic (exact) mass is 448 g/mol. The second-order valence-electron chi connectivity index (χ2n) is 6.80. The lowest BCUT2D eigenvalue weighted by molar-refractivity contribution is -0.129. The number of hydrogen-bond acceptors (Lipinski definition) is 7. The SMILES string of the molecule is CCOc1cc(/C=N\NC(=O)[C@H](O)c2ccccc2)ccc1OC(=O)c1ccc(OC)cc1. The Morgan fingerprint density at radius 3 is 2.42 bits per heavy atom. The molecule has 8 nitrogen and oxygen atoms in total. The molecular formula is C25H24N2O6. The van der Waals surface area contributed by atoms with E-state index in [1.807, 2.05) is 0 Å². The Hall–Kier alpha value is -4.17. The molecule has 0 saturated heterocycles. The van der Waals surface area contributed by atoms with Crippen molar-refractivity contribution in [1.82, 2.24) is 5.43 Å². The van der Waals surface area contributed by atoms with Gasteiger partial charge in [0.2, 0.25) is 0 Å². The molecule has 3 aromatic rings. The van der Waals surface area contributed by atoms with Crippen molar-refractivity contribution < 1.29 is 28.9 Å². The second-order valence-corrected chi connectivity index (χ2v) is 6.80. The van der Waals surface area contributed by atoms with E-state index in [1.165, 1.54) is 6.21 Å². The largest absolute Gasteiger partial charge is 0.497 e. The summed E-state index contributed by atoms with van der Waals surface area (Å²) in [5.41, 5.74) is 3.73. The fourth-order valence-corrected chi connectivity index (χ4v) is 2.86. The minimum absolute atomic E-state index is 0.248. The van der Waals surface area contributed by atoms with Gasteiger partial charge in [-0.25, -0.2) is 10.2 Å². The molecule has 0 aromatic heterocycles. The quantitative estimate of drug-likeness (QED) is 0.225. The summed E-state index contributed by atoms with van der Waals surface area (Å²) in [5, 5.41) is 14.0. The average molecular weight is 448 g/mol. The first-order chi connectivity index (χ1) is 16.0. The zero-order chi connectivity index (χ0) is 23.6. The van der Waals surface area contributed by atoms with Gasteiger partial charge in [-0.15, -0.1) is 0 Å². The van der Waals surface area contributed by atoms with E-state index in [1.54, 1.807) is 86.8 Å². The number of hydrogen-bond donors (Lipinski definition) is 2. The number of hydrazone groups is 1. The lowest BCUT2D eigenvalue weighted by Gasteiger charge is -2.12. The number of esters is 1. The maximum Gasteiger partial charge on any atom is 0.343 e. The summed E-state index contributed by atoms with van der Waals surface area (Å²) >= 11 is 0.